The second kappa shape index (κ2) is 82.4. The van der Waals surface area contributed by atoms with Crippen LogP contribution in [-0.4, -0.2) is 95.9 Å². The molecule has 0 heterocycles. The summed E-state index contributed by atoms with van der Waals surface area (Å²) >= 11 is 0. The van der Waals surface area contributed by atoms with Gasteiger partial charge >= 0.3 is 33.6 Å². The molecule has 0 amide bonds. The largest absolute Gasteiger partial charge is 0.472 e. The van der Waals surface area contributed by atoms with Crippen LogP contribution in [-0.2, 0) is 55.8 Å². The highest BCUT2D eigenvalue weighted by Crippen LogP contribution is 2.45. The first-order valence-corrected chi connectivity index (χ1v) is 45.4. The molecule has 0 aliphatic rings. The van der Waals surface area contributed by atoms with Gasteiger partial charge in [0, 0.05) is 19.3 Å². The van der Waals surface area contributed by atoms with Gasteiger partial charge in [0.1, 0.15) is 25.4 Å². The van der Waals surface area contributed by atoms with E-state index in [2.05, 4.69) is 179 Å². The number of phosphoric ester groups is 2. The SMILES string of the molecule is CC/C=C\C/C=C\C/C=C\C/C=C\C/C=C\CCCCCCCCCC(=O)OCC(COP(=O)(O)OCC(O)COP(=O)(O)OCC(O)COC(=O)CCCCCCCCCCCCCCCCCCC/C=C\C/C=C\C/C=C\C/C=C\CCCCC)OC(=O)CCC/C=C\C/C=C\C/C=C\C/C=C\C/C=C\CC. The highest BCUT2D eigenvalue weighted by Gasteiger charge is 2.29. The van der Waals surface area contributed by atoms with E-state index in [0.29, 0.717) is 25.7 Å². The van der Waals surface area contributed by atoms with Gasteiger partial charge in [0.25, 0.3) is 0 Å². The smallest absolute Gasteiger partial charge is 0.463 e. The minimum Gasteiger partial charge on any atom is -0.463 e. The Balaban J connectivity index is 4.54. The zero-order valence-corrected chi connectivity index (χ0v) is 70.0. The van der Waals surface area contributed by atoms with E-state index in [1.807, 2.05) is 12.2 Å². The minimum absolute atomic E-state index is 0.0180. The number of carbonyl (C=O) groups excluding carboxylic acids is 3. The van der Waals surface area contributed by atoms with Gasteiger partial charge in [0.15, 0.2) is 6.10 Å². The summed E-state index contributed by atoms with van der Waals surface area (Å²) in [6, 6.07) is 0. The number of rotatable bonds is 79. The highest BCUT2D eigenvalue weighted by molar-refractivity contribution is 7.47. The van der Waals surface area contributed by atoms with E-state index in [4.69, 9.17) is 32.3 Å². The van der Waals surface area contributed by atoms with E-state index < -0.39 is 91.5 Å². The fraction of sp³-hybridized carbons (Fsp3) is 0.659. The van der Waals surface area contributed by atoms with E-state index in [1.165, 1.54) is 116 Å². The molecule has 0 radical (unpaired) electrons. The van der Waals surface area contributed by atoms with Crippen LogP contribution in [0.2, 0.25) is 0 Å². The highest BCUT2D eigenvalue weighted by atomic mass is 31.2. The van der Waals surface area contributed by atoms with Gasteiger partial charge < -0.3 is 34.2 Å². The van der Waals surface area contributed by atoms with Crippen molar-refractivity contribution in [1.82, 2.24) is 0 Å². The van der Waals surface area contributed by atoms with Gasteiger partial charge in [-0.3, -0.25) is 32.5 Å². The summed E-state index contributed by atoms with van der Waals surface area (Å²) in [6.45, 7) is 2.35. The summed E-state index contributed by atoms with van der Waals surface area (Å²) in [5, 5.41) is 20.7. The molecule has 5 unspecified atom stereocenters. The van der Waals surface area contributed by atoms with E-state index in [-0.39, 0.29) is 19.3 Å². The van der Waals surface area contributed by atoms with Crippen LogP contribution >= 0.6 is 15.6 Å². The number of unbranched alkanes of at least 4 members (excludes halogenated alkanes) is 28. The number of ether oxygens (including phenoxy) is 3. The lowest BCUT2D eigenvalue weighted by Gasteiger charge is -2.21. The average molecular weight is 1560 g/mol. The Kier molecular flexibility index (Phi) is 78.5. The van der Waals surface area contributed by atoms with E-state index >= 15 is 0 Å². The van der Waals surface area contributed by atoms with Crippen molar-refractivity contribution in [3.05, 3.63) is 170 Å². The van der Waals surface area contributed by atoms with Gasteiger partial charge in [-0.15, -0.1) is 0 Å². The van der Waals surface area contributed by atoms with Crippen LogP contribution in [0, 0.1) is 0 Å². The predicted octanol–water partition coefficient (Wildman–Crippen LogP) is 25.5. The van der Waals surface area contributed by atoms with Crippen LogP contribution in [0.4, 0.5) is 0 Å². The maximum Gasteiger partial charge on any atom is 0.472 e. The average Bonchev–Trinajstić information content (AvgIpc) is 0.868. The van der Waals surface area contributed by atoms with Gasteiger partial charge in [0.05, 0.1) is 26.4 Å². The third-order valence-corrected chi connectivity index (χ3v) is 19.3. The molecule has 5 atom stereocenters. The van der Waals surface area contributed by atoms with Crippen LogP contribution in [0.15, 0.2) is 170 Å². The second-order valence-corrected chi connectivity index (χ2v) is 30.8. The summed E-state index contributed by atoms with van der Waals surface area (Å²) in [5.74, 6) is -1.66. The first-order valence-electron chi connectivity index (χ1n) is 42.4. The van der Waals surface area contributed by atoms with Crippen LogP contribution in [0.25, 0.3) is 0 Å². The lowest BCUT2D eigenvalue weighted by atomic mass is 10.0. The first-order chi connectivity index (χ1) is 53.2. The van der Waals surface area contributed by atoms with Crippen LogP contribution in [0.3, 0.4) is 0 Å². The molecule has 622 valence electrons. The van der Waals surface area contributed by atoms with Gasteiger partial charge in [-0.1, -0.05) is 332 Å². The topological polar surface area (TPSA) is 231 Å². The van der Waals surface area contributed by atoms with Crippen molar-refractivity contribution in [2.24, 2.45) is 0 Å². The quantitative estimate of drug-likeness (QED) is 0.0146. The molecule has 0 fully saturated rings. The molecule has 109 heavy (non-hydrogen) atoms. The first kappa shape index (κ1) is 104. The fourth-order valence-corrected chi connectivity index (χ4v) is 12.6. The van der Waals surface area contributed by atoms with Crippen molar-refractivity contribution in [2.45, 2.75) is 347 Å². The monoisotopic (exact) mass is 1560 g/mol. The molecule has 0 aliphatic heterocycles. The Morgan fingerprint density at radius 2 is 0.495 bits per heavy atom. The second-order valence-electron chi connectivity index (χ2n) is 27.9. The van der Waals surface area contributed by atoms with Gasteiger partial charge in [-0.25, -0.2) is 9.13 Å². The zero-order valence-electron chi connectivity index (χ0n) is 68.2. The summed E-state index contributed by atoms with van der Waals surface area (Å²) < 4.78 is 61.2. The summed E-state index contributed by atoms with van der Waals surface area (Å²) in [6.07, 6.45) is 106. The summed E-state index contributed by atoms with van der Waals surface area (Å²) in [4.78, 5) is 58.7. The van der Waals surface area contributed by atoms with Crippen molar-refractivity contribution in [3.63, 3.8) is 0 Å². The molecule has 0 saturated carbocycles. The number of carbonyl (C=O) groups is 3. The van der Waals surface area contributed by atoms with Gasteiger partial charge in [0.2, 0.25) is 0 Å². The third-order valence-electron chi connectivity index (χ3n) is 17.4. The predicted molar refractivity (Wildman–Crippen MR) is 454 cm³/mol. The number of esters is 3. The minimum atomic E-state index is -4.96. The van der Waals surface area contributed by atoms with Crippen LogP contribution < -0.4 is 0 Å². The number of aliphatic hydroxyl groups is 2. The molecular weight excluding hydrogens is 1410 g/mol. The van der Waals surface area contributed by atoms with E-state index in [9.17, 15) is 43.5 Å². The Morgan fingerprint density at radius 3 is 0.798 bits per heavy atom. The lowest BCUT2D eigenvalue weighted by molar-refractivity contribution is -0.161. The molecule has 0 aromatic heterocycles. The van der Waals surface area contributed by atoms with Crippen molar-refractivity contribution in [3.8, 4) is 0 Å². The van der Waals surface area contributed by atoms with Crippen molar-refractivity contribution in [2.75, 3.05) is 39.6 Å². The third kappa shape index (κ3) is 83.7. The zero-order chi connectivity index (χ0) is 79.4. The Hall–Kier alpha value is -5.09. The van der Waals surface area contributed by atoms with Crippen LogP contribution in [0.5, 0.6) is 0 Å². The molecular formula is C91H152O16P2. The summed E-state index contributed by atoms with van der Waals surface area (Å²) in [7, 11) is -9.83. The number of aliphatic hydroxyl groups excluding tert-OH is 2. The fourth-order valence-electron chi connectivity index (χ4n) is 11.0. The number of phosphoric acid groups is 2. The van der Waals surface area contributed by atoms with E-state index in [0.717, 1.165) is 148 Å². The molecule has 0 aromatic rings. The normalized spacial score (nSPS) is 14.7. The molecule has 4 N–H and O–H groups in total. The molecule has 0 rings (SSSR count). The molecule has 18 heteroatoms. The van der Waals surface area contributed by atoms with E-state index in [1.54, 1.807) is 0 Å². The van der Waals surface area contributed by atoms with Crippen LogP contribution in [0.1, 0.15) is 329 Å². The maximum atomic E-state index is 13.0. The molecule has 0 aliphatic carbocycles. The van der Waals surface area contributed by atoms with Crippen molar-refractivity contribution < 1.29 is 75.8 Å². The Morgan fingerprint density at radius 1 is 0.266 bits per heavy atom. The van der Waals surface area contributed by atoms with Crippen molar-refractivity contribution >= 4 is 33.6 Å². The Bertz CT molecular complexity index is 2660. The number of hydrogen-bond donors (Lipinski definition) is 4. The molecule has 0 bridgehead atoms. The number of allylic oxidation sites excluding steroid dienone is 28. The molecule has 0 saturated heterocycles. The molecule has 0 aromatic carbocycles. The molecule has 0 spiro atoms. The van der Waals surface area contributed by atoms with Crippen molar-refractivity contribution in [1.29, 1.82) is 0 Å². The maximum absolute atomic E-state index is 13.0. The summed E-state index contributed by atoms with van der Waals surface area (Å²) in [5.41, 5.74) is 0. The Labute approximate surface area is 662 Å². The van der Waals surface area contributed by atoms with Gasteiger partial charge in [-0.05, 0) is 148 Å². The lowest BCUT2D eigenvalue weighted by Crippen LogP contribution is -2.30. The standard InChI is InChI=1S/C91H152O16P2/c1-4-7-10-13-16-19-22-25-28-31-33-35-37-38-39-40-41-42-43-44-45-46-48-50-51-54-56-59-62-65-68-71-74-77-89(94)101-80-86(92)81-103-108(97,98)104-82-87(93)83-105-109(99,100)106-85-88(107-91(96)79-76-73-70-67-64-61-58-53-30-27-24-21-18-15-12-9-6-3)84-102-90(95)78-75-72-69-66-63-60-57-55-52-49-47-36-34-32-29-26-23-20-17-14-11-8-5-2/h8-9,11-12,16-21,25-30,33-36,38-39,49,52,58,61,67,70,86-88,92-93H,4-7,10,13-15,22-24,31-32,37,40-48,50-51,53-57,59-60,62-66,68-69,71-85H2,1-3H3,(H,97,98)(H,99,100)/b11-8-,12-9-,19-16-,20-17-,21-18-,28-25-,29-26-,30-27-,35-33-,36-34-,39-38-,52-49-,61-58-,70-67-. The molecule has 16 nitrogen and oxygen atoms in total. The number of hydrogen-bond acceptors (Lipinski definition) is 14. The van der Waals surface area contributed by atoms with Gasteiger partial charge in [-0.2, -0.15) is 0 Å².